The zero-order valence-electron chi connectivity index (χ0n) is 40.1. The maximum atomic E-state index is 12.5. The Hall–Kier alpha value is -9.12. The molecule has 17 aromatic rings. The molecule has 8 heteroatoms. The van der Waals surface area contributed by atoms with Crippen molar-refractivity contribution in [2.45, 2.75) is 0 Å². The standard InChI is InChI=1S/C68H34N4S4/c1-70-64-62(45-24-14-22-43-39-18-4-12-30-58(39)75-67(43)45)51(36-69)65(71-52-26-8-2-16-37(52)47-32-49-41-20-6-10-28-56(41)73-60(49)34-54(47)71)63(46-25-15-23-44-40-19-5-13-31-59(40)76-68(44)46)66(64)72-53-27-9-3-17-38(53)48-33-50-42-21-7-11-29-57(42)74-61(50)35-55(48)72/h2-35H. The number of nitriles is 1. The fourth-order valence-electron chi connectivity index (χ4n) is 12.6. The van der Waals surface area contributed by atoms with Gasteiger partial charge in [-0.3, -0.25) is 0 Å². The van der Waals surface area contributed by atoms with E-state index < -0.39 is 0 Å². The molecule has 0 radical (unpaired) electrons. The number of hydrogen-bond acceptors (Lipinski definition) is 5. The van der Waals surface area contributed by atoms with Crippen LogP contribution in [0.15, 0.2) is 206 Å². The Morgan fingerprint density at radius 3 is 1.21 bits per heavy atom. The van der Waals surface area contributed by atoms with Crippen molar-refractivity contribution in [3.8, 4) is 39.7 Å². The largest absolute Gasteiger partial charge is 0.318 e. The fraction of sp³-hybridized carbons (Fsp3) is 0. The fourth-order valence-corrected chi connectivity index (χ4v) is 17.3. The normalized spacial score (nSPS) is 12.2. The lowest BCUT2D eigenvalue weighted by Gasteiger charge is -2.26. The van der Waals surface area contributed by atoms with E-state index in [1.165, 1.54) is 50.4 Å². The van der Waals surface area contributed by atoms with Gasteiger partial charge in [-0.2, -0.15) is 5.26 Å². The van der Waals surface area contributed by atoms with Crippen molar-refractivity contribution < 1.29 is 0 Å². The van der Waals surface area contributed by atoms with Crippen molar-refractivity contribution in [3.63, 3.8) is 0 Å². The van der Waals surface area contributed by atoms with Crippen molar-refractivity contribution in [2.75, 3.05) is 0 Å². The van der Waals surface area contributed by atoms with Gasteiger partial charge in [0.15, 0.2) is 0 Å². The molecule has 0 aliphatic heterocycles. The highest BCUT2D eigenvalue weighted by Crippen LogP contribution is 2.56. The lowest BCUT2D eigenvalue weighted by atomic mass is 9.87. The Morgan fingerprint density at radius 2 is 0.737 bits per heavy atom. The number of fused-ring (bicyclic) bond motifs is 18. The van der Waals surface area contributed by atoms with E-state index in [-0.39, 0.29) is 0 Å². The summed E-state index contributed by atoms with van der Waals surface area (Å²) in [5, 5.41) is 26.4. The van der Waals surface area contributed by atoms with Crippen LogP contribution in [0.4, 0.5) is 5.69 Å². The van der Waals surface area contributed by atoms with Crippen molar-refractivity contribution >= 4 is 175 Å². The highest BCUT2D eigenvalue weighted by atomic mass is 32.1. The molecule has 6 heterocycles. The average molecular weight is 1040 g/mol. The number of nitrogens with zero attached hydrogens (tertiary/aromatic N) is 4. The molecule has 11 aromatic carbocycles. The molecule has 0 N–H and O–H groups in total. The summed E-state index contributed by atoms with van der Waals surface area (Å²) in [5.41, 5.74) is 9.70. The van der Waals surface area contributed by atoms with Crippen LogP contribution in [-0.2, 0) is 0 Å². The lowest BCUT2D eigenvalue weighted by Crippen LogP contribution is -2.09. The van der Waals surface area contributed by atoms with Crippen molar-refractivity contribution in [1.82, 2.24) is 9.13 Å². The number of rotatable bonds is 4. The van der Waals surface area contributed by atoms with Crippen LogP contribution in [0, 0.1) is 17.9 Å². The van der Waals surface area contributed by atoms with Gasteiger partial charge in [0.1, 0.15) is 6.07 Å². The molecule has 0 spiro atoms. The van der Waals surface area contributed by atoms with Gasteiger partial charge < -0.3 is 9.13 Å². The summed E-state index contributed by atoms with van der Waals surface area (Å²) in [7, 11) is 0. The third kappa shape index (κ3) is 5.63. The number of benzene rings is 11. The van der Waals surface area contributed by atoms with Gasteiger partial charge in [-0.05, 0) is 66.2 Å². The van der Waals surface area contributed by atoms with Gasteiger partial charge in [0.25, 0.3) is 0 Å². The van der Waals surface area contributed by atoms with E-state index in [2.05, 4.69) is 221 Å². The molecule has 0 atom stereocenters. The SMILES string of the molecule is [C-]#[N+]c1c(-c2cccc3c2sc2ccccc23)c(C#N)c(-n2c3ccccc3c3cc4c(cc32)sc2ccccc24)c(-c2cccc3c2sc2ccccc23)c1-n1c2ccccc2c2cc3c(cc21)sc1ccccc13. The number of hydrogen-bond donors (Lipinski definition) is 0. The first-order valence-electron chi connectivity index (χ1n) is 25.2. The van der Waals surface area contributed by atoms with E-state index in [4.69, 9.17) is 4.85 Å². The van der Waals surface area contributed by atoms with Gasteiger partial charge in [-0.25, -0.2) is 4.85 Å². The van der Waals surface area contributed by atoms with Gasteiger partial charge in [0, 0.05) is 119 Å². The van der Waals surface area contributed by atoms with Crippen LogP contribution in [0.3, 0.4) is 0 Å². The summed E-state index contributed by atoms with van der Waals surface area (Å²) in [6.45, 7) is 9.75. The van der Waals surface area contributed by atoms with E-state index in [0.29, 0.717) is 16.8 Å². The molecule has 0 saturated carbocycles. The Morgan fingerprint density at radius 1 is 0.342 bits per heavy atom. The van der Waals surface area contributed by atoms with Crippen LogP contribution in [0.1, 0.15) is 5.56 Å². The molecule has 0 unspecified atom stereocenters. The summed E-state index contributed by atoms with van der Waals surface area (Å²) >= 11 is 7.11. The van der Waals surface area contributed by atoms with Crippen LogP contribution in [0.25, 0.3) is 163 Å². The van der Waals surface area contributed by atoms with E-state index in [1.54, 1.807) is 45.3 Å². The summed E-state index contributed by atoms with van der Waals surface area (Å²) in [6.07, 6.45) is 0. The smallest absolute Gasteiger partial charge is 0.220 e. The number of aromatic nitrogens is 2. The molecule has 6 aromatic heterocycles. The maximum absolute atomic E-state index is 12.5. The molecule has 0 aliphatic rings. The van der Waals surface area contributed by atoms with Gasteiger partial charge in [0.05, 0.1) is 45.6 Å². The molecule has 0 amide bonds. The predicted octanol–water partition coefficient (Wildman–Crippen LogP) is 21.1. The maximum Gasteiger partial charge on any atom is 0.220 e. The van der Waals surface area contributed by atoms with Crippen molar-refractivity contribution in [2.24, 2.45) is 0 Å². The quantitative estimate of drug-likeness (QED) is 0.162. The Labute approximate surface area is 449 Å². The zero-order chi connectivity index (χ0) is 49.9. The summed E-state index contributed by atoms with van der Waals surface area (Å²) in [6, 6.07) is 77.4. The molecule has 76 heavy (non-hydrogen) atoms. The predicted molar refractivity (Wildman–Crippen MR) is 329 cm³/mol. The van der Waals surface area contributed by atoms with Crippen molar-refractivity contribution in [1.29, 1.82) is 5.26 Å². The second kappa shape index (κ2) is 15.7. The third-order valence-corrected chi connectivity index (χ3v) is 20.5. The van der Waals surface area contributed by atoms with E-state index in [0.717, 1.165) is 102 Å². The Kier molecular flexibility index (Phi) is 8.73. The number of para-hydroxylation sites is 2. The zero-order valence-corrected chi connectivity index (χ0v) is 43.3. The second-order valence-corrected chi connectivity index (χ2v) is 23.9. The Bertz CT molecular complexity index is 5300. The van der Waals surface area contributed by atoms with Crippen LogP contribution in [-0.4, -0.2) is 9.13 Å². The van der Waals surface area contributed by atoms with Crippen LogP contribution in [0.2, 0.25) is 0 Å². The molecule has 350 valence electrons. The van der Waals surface area contributed by atoms with E-state index in [9.17, 15) is 11.8 Å². The molecular weight excluding hydrogens is 1000 g/mol. The monoisotopic (exact) mass is 1030 g/mol. The molecule has 0 fully saturated rings. The minimum absolute atomic E-state index is 0.435. The first-order valence-corrected chi connectivity index (χ1v) is 28.4. The van der Waals surface area contributed by atoms with Crippen LogP contribution in [0.5, 0.6) is 0 Å². The molecular formula is C68H34N4S4. The van der Waals surface area contributed by atoms with Gasteiger partial charge in [0.2, 0.25) is 5.69 Å². The van der Waals surface area contributed by atoms with Gasteiger partial charge in [-0.1, -0.05) is 146 Å². The number of thiophene rings is 4. The minimum Gasteiger partial charge on any atom is -0.318 e. The average Bonchev–Trinajstić information content (AvgIpc) is 4.34. The highest BCUT2D eigenvalue weighted by Gasteiger charge is 2.34. The molecule has 0 saturated heterocycles. The summed E-state index contributed by atoms with van der Waals surface area (Å²) in [5.74, 6) is 0. The third-order valence-electron chi connectivity index (χ3n) is 15.8. The van der Waals surface area contributed by atoms with E-state index >= 15 is 0 Å². The molecule has 0 aliphatic carbocycles. The summed E-state index contributed by atoms with van der Waals surface area (Å²) in [4.78, 5) is 4.79. The van der Waals surface area contributed by atoms with Gasteiger partial charge >= 0.3 is 0 Å². The first-order chi connectivity index (χ1) is 37.6. The molecule has 4 nitrogen and oxygen atoms in total. The summed E-state index contributed by atoms with van der Waals surface area (Å²) < 4.78 is 14.1. The second-order valence-electron chi connectivity index (χ2n) is 19.6. The van der Waals surface area contributed by atoms with E-state index in [1.807, 2.05) is 0 Å². The lowest BCUT2D eigenvalue weighted by molar-refractivity contribution is 1.14. The molecule has 17 rings (SSSR count). The minimum atomic E-state index is 0.435. The topological polar surface area (TPSA) is 38.0 Å². The highest BCUT2D eigenvalue weighted by molar-refractivity contribution is 7.27. The van der Waals surface area contributed by atoms with Crippen LogP contribution >= 0.6 is 45.3 Å². The van der Waals surface area contributed by atoms with Crippen molar-refractivity contribution in [3.05, 3.63) is 223 Å². The van der Waals surface area contributed by atoms with Crippen LogP contribution < -0.4 is 0 Å². The molecule has 0 bridgehead atoms. The first kappa shape index (κ1) is 42.3. The Balaban J connectivity index is 1.16. The van der Waals surface area contributed by atoms with Gasteiger partial charge in [-0.15, -0.1) is 45.3 Å².